The number of aromatic carboxylic acids is 1. The minimum atomic E-state index is -2.92. The van der Waals surface area contributed by atoms with E-state index in [1.807, 2.05) is 12.1 Å². The molecule has 8 nitrogen and oxygen atoms in total. The van der Waals surface area contributed by atoms with Crippen molar-refractivity contribution in [2.24, 2.45) is 51.2 Å². The van der Waals surface area contributed by atoms with E-state index in [1.54, 1.807) is 12.1 Å². The number of nitrogens with one attached hydrogen (secondary N) is 2. The first-order valence-corrected chi connectivity index (χ1v) is 21.9. The Morgan fingerprint density at radius 2 is 1.60 bits per heavy atom. The zero-order valence-electron chi connectivity index (χ0n) is 32.5. The zero-order chi connectivity index (χ0) is 37.5. The van der Waals surface area contributed by atoms with Crippen molar-refractivity contribution in [1.29, 1.82) is 0 Å². The van der Waals surface area contributed by atoms with Crippen LogP contribution in [0.3, 0.4) is 0 Å². The van der Waals surface area contributed by atoms with Crippen LogP contribution in [0.15, 0.2) is 42.5 Å². The van der Waals surface area contributed by atoms with Crippen LogP contribution in [0, 0.1) is 51.2 Å². The standard InChI is InChI=1S/C43H63N3O5S/c1-28(2)31-14-19-43(45-38(49)44-22-23-46-24-26-52(50,51)27-25-46)21-20-41(6)33(36(31)43)12-13-35-40(5)17-15-32(29-8-10-30(11-9-29)37(47)48)39(3,4)34(40)16-18-42(35,41)7/h8-11,15,31,33-36H,1,12-14,16-27H2,2-7H3,(H,47,48)(H2,44,45,49). The number of urea groups is 1. The van der Waals surface area contributed by atoms with Gasteiger partial charge in [-0.3, -0.25) is 4.90 Å². The van der Waals surface area contributed by atoms with Gasteiger partial charge in [0.05, 0.1) is 17.1 Å². The van der Waals surface area contributed by atoms with Gasteiger partial charge < -0.3 is 15.7 Å². The van der Waals surface area contributed by atoms with E-state index in [4.69, 9.17) is 0 Å². The number of rotatable bonds is 7. The lowest BCUT2D eigenvalue weighted by Crippen LogP contribution is -2.68. The van der Waals surface area contributed by atoms with Gasteiger partial charge in [0.2, 0.25) is 0 Å². The van der Waals surface area contributed by atoms with E-state index >= 15 is 0 Å². The molecule has 0 bridgehead atoms. The quantitative estimate of drug-likeness (QED) is 0.246. The summed E-state index contributed by atoms with van der Waals surface area (Å²) in [4.78, 5) is 27.3. The Morgan fingerprint density at radius 1 is 0.904 bits per heavy atom. The Balaban J connectivity index is 1.11. The molecule has 0 spiro atoms. The summed E-state index contributed by atoms with van der Waals surface area (Å²) in [5.41, 5.74) is 4.34. The van der Waals surface area contributed by atoms with E-state index < -0.39 is 15.8 Å². The number of carboxylic acids is 1. The third-order valence-electron chi connectivity index (χ3n) is 16.6. The molecule has 9 unspecified atom stereocenters. The molecule has 9 heteroatoms. The van der Waals surface area contributed by atoms with Crippen molar-refractivity contribution >= 4 is 27.4 Å². The number of carboxylic acid groups (broad SMARTS) is 1. The average Bonchev–Trinajstić information content (AvgIpc) is 3.45. The third-order valence-corrected chi connectivity index (χ3v) is 18.2. The Bertz CT molecular complexity index is 1740. The van der Waals surface area contributed by atoms with Gasteiger partial charge in [-0.25, -0.2) is 18.0 Å². The van der Waals surface area contributed by atoms with Crippen molar-refractivity contribution in [2.45, 2.75) is 105 Å². The summed E-state index contributed by atoms with van der Waals surface area (Å²) in [6.07, 6.45) is 12.5. The monoisotopic (exact) mass is 733 g/mol. The van der Waals surface area contributed by atoms with E-state index in [-0.39, 0.29) is 44.7 Å². The van der Waals surface area contributed by atoms with Gasteiger partial charge in [0, 0.05) is 31.7 Å². The van der Waals surface area contributed by atoms with Crippen molar-refractivity contribution in [1.82, 2.24) is 15.5 Å². The second kappa shape index (κ2) is 13.0. The van der Waals surface area contributed by atoms with Gasteiger partial charge in [-0.2, -0.15) is 0 Å². The fraction of sp³-hybridized carbons (Fsp3) is 0.721. The predicted molar refractivity (Wildman–Crippen MR) is 208 cm³/mol. The Morgan fingerprint density at radius 3 is 2.25 bits per heavy atom. The number of allylic oxidation sites excluding steroid dienone is 3. The van der Waals surface area contributed by atoms with E-state index in [9.17, 15) is 23.1 Å². The SMILES string of the molecule is C=C(C)C1CCC2(NC(=O)NCCN3CCS(=O)(=O)CC3)CCC3(C)C(CCC4C5(C)CC=C(c6ccc(C(=O)O)cc6)C(C)(C)C5CCC43C)C12. The highest BCUT2D eigenvalue weighted by atomic mass is 32.2. The summed E-state index contributed by atoms with van der Waals surface area (Å²) >= 11 is 0. The maximum Gasteiger partial charge on any atom is 0.335 e. The molecule has 5 aliphatic carbocycles. The van der Waals surface area contributed by atoms with Gasteiger partial charge in [0.15, 0.2) is 9.84 Å². The van der Waals surface area contributed by atoms with Gasteiger partial charge >= 0.3 is 12.0 Å². The first kappa shape index (κ1) is 37.7. The molecule has 6 aliphatic rings. The van der Waals surface area contributed by atoms with Crippen LogP contribution >= 0.6 is 0 Å². The first-order valence-electron chi connectivity index (χ1n) is 20.1. The second-order valence-corrected chi connectivity index (χ2v) is 21.4. The molecule has 0 radical (unpaired) electrons. The minimum Gasteiger partial charge on any atom is -0.478 e. The summed E-state index contributed by atoms with van der Waals surface area (Å²) in [7, 11) is -2.92. The van der Waals surface area contributed by atoms with Gasteiger partial charge in [-0.1, -0.05) is 65.0 Å². The average molecular weight is 734 g/mol. The van der Waals surface area contributed by atoms with Gasteiger partial charge in [-0.15, -0.1) is 0 Å². The molecule has 1 aliphatic heterocycles. The summed E-state index contributed by atoms with van der Waals surface area (Å²) < 4.78 is 23.7. The van der Waals surface area contributed by atoms with Crippen LogP contribution in [0.1, 0.15) is 115 Å². The van der Waals surface area contributed by atoms with E-state index in [1.165, 1.54) is 36.8 Å². The Labute approximate surface area is 312 Å². The Hall–Kier alpha value is -2.65. The van der Waals surface area contributed by atoms with Crippen LogP contribution in [0.2, 0.25) is 0 Å². The lowest BCUT2D eigenvalue weighted by molar-refractivity contribution is -0.218. The van der Waals surface area contributed by atoms with Crippen LogP contribution < -0.4 is 10.6 Å². The first-order chi connectivity index (χ1) is 24.4. The third kappa shape index (κ3) is 5.90. The van der Waals surface area contributed by atoms with E-state index in [2.05, 4.69) is 69.7 Å². The Kier molecular flexibility index (Phi) is 9.41. The van der Waals surface area contributed by atoms with Crippen molar-refractivity contribution in [3.63, 3.8) is 0 Å². The smallest absolute Gasteiger partial charge is 0.335 e. The highest BCUT2D eigenvalue weighted by molar-refractivity contribution is 7.91. The molecule has 4 saturated carbocycles. The summed E-state index contributed by atoms with van der Waals surface area (Å²) in [5.74, 6) is 1.94. The number of carbonyl (C=O) groups is 2. The van der Waals surface area contributed by atoms with Crippen molar-refractivity contribution < 1.29 is 23.1 Å². The predicted octanol–water partition coefficient (Wildman–Crippen LogP) is 7.82. The normalized spacial score (nSPS) is 40.6. The molecule has 1 saturated heterocycles. The molecule has 1 aromatic carbocycles. The molecule has 286 valence electrons. The van der Waals surface area contributed by atoms with Gasteiger partial charge in [-0.05, 0) is 139 Å². The van der Waals surface area contributed by atoms with Gasteiger partial charge in [0.1, 0.15) is 0 Å². The number of carbonyl (C=O) groups excluding carboxylic acids is 1. The highest BCUT2D eigenvalue weighted by Crippen LogP contribution is 2.76. The molecule has 1 aromatic rings. The fourth-order valence-corrected chi connectivity index (χ4v) is 15.1. The second-order valence-electron chi connectivity index (χ2n) is 19.1. The number of nitrogens with zero attached hydrogens (tertiary/aromatic N) is 1. The van der Waals surface area contributed by atoms with Crippen LogP contribution in [-0.4, -0.2) is 73.6 Å². The number of amides is 2. The molecular formula is C43H63N3O5S. The van der Waals surface area contributed by atoms with Crippen LogP contribution in [0.25, 0.3) is 5.57 Å². The number of hydrogen-bond donors (Lipinski definition) is 3. The largest absolute Gasteiger partial charge is 0.478 e. The minimum absolute atomic E-state index is 0.0297. The van der Waals surface area contributed by atoms with Crippen LogP contribution in [0.5, 0.6) is 0 Å². The molecule has 0 aromatic heterocycles. The maximum atomic E-state index is 13.6. The topological polar surface area (TPSA) is 116 Å². The maximum absolute atomic E-state index is 13.6. The summed E-state index contributed by atoms with van der Waals surface area (Å²) in [5, 5.41) is 16.3. The van der Waals surface area contributed by atoms with E-state index in [0.717, 1.165) is 37.7 Å². The number of benzene rings is 1. The molecule has 2 amide bonds. The zero-order valence-corrected chi connectivity index (χ0v) is 33.3. The molecule has 7 rings (SSSR count). The number of fused-ring (bicyclic) bond motifs is 7. The number of hydrogen-bond acceptors (Lipinski definition) is 5. The van der Waals surface area contributed by atoms with Crippen LogP contribution in [0.4, 0.5) is 4.79 Å². The van der Waals surface area contributed by atoms with Crippen molar-refractivity contribution in [3.8, 4) is 0 Å². The summed E-state index contributed by atoms with van der Waals surface area (Å²) in [6, 6.07) is 7.42. The lowest BCUT2D eigenvalue weighted by atomic mass is 9.33. The molecule has 1 heterocycles. The molecule has 3 N–H and O–H groups in total. The molecule has 52 heavy (non-hydrogen) atoms. The highest BCUT2D eigenvalue weighted by Gasteiger charge is 2.70. The number of sulfone groups is 1. The van der Waals surface area contributed by atoms with Gasteiger partial charge in [0.25, 0.3) is 0 Å². The summed E-state index contributed by atoms with van der Waals surface area (Å²) in [6.45, 7) is 21.7. The van der Waals surface area contributed by atoms with Crippen LogP contribution in [-0.2, 0) is 9.84 Å². The van der Waals surface area contributed by atoms with E-state index in [0.29, 0.717) is 61.3 Å². The molecular weight excluding hydrogens is 671 g/mol. The molecule has 9 atom stereocenters. The van der Waals surface area contributed by atoms with Crippen molar-refractivity contribution in [3.05, 3.63) is 53.6 Å². The fourth-order valence-electron chi connectivity index (χ4n) is 13.8. The van der Waals surface area contributed by atoms with Crippen molar-refractivity contribution in [2.75, 3.05) is 37.7 Å². The molecule has 5 fully saturated rings. The lowest BCUT2D eigenvalue weighted by Gasteiger charge is -2.72.